The van der Waals surface area contributed by atoms with Gasteiger partial charge in [-0.15, -0.1) is 21.5 Å². The molecule has 92 valence electrons. The first-order chi connectivity index (χ1) is 8.72. The number of rotatable bonds is 4. The van der Waals surface area contributed by atoms with E-state index in [1.165, 1.54) is 22.7 Å². The molecule has 0 saturated heterocycles. The van der Waals surface area contributed by atoms with Crippen LogP contribution in [0.5, 0.6) is 0 Å². The van der Waals surface area contributed by atoms with Crippen LogP contribution < -0.4 is 5.32 Å². The largest absolute Gasteiger partial charge is 0.335 e. The molecule has 2 heterocycles. The Bertz CT molecular complexity index is 605. The maximum absolute atomic E-state index is 9.09. The van der Waals surface area contributed by atoms with Gasteiger partial charge in [0.2, 0.25) is 5.13 Å². The second kappa shape index (κ2) is 5.71. The van der Waals surface area contributed by atoms with Crippen LogP contribution in [0.2, 0.25) is 0 Å². The third-order valence-corrected chi connectivity index (χ3v) is 4.07. The lowest BCUT2D eigenvalue weighted by molar-refractivity contribution is 0.986. The molecule has 0 aliphatic carbocycles. The number of aromatic nitrogens is 3. The molecular formula is C11H11N5S2. The van der Waals surface area contributed by atoms with Crippen molar-refractivity contribution in [3.05, 3.63) is 27.3 Å². The first kappa shape index (κ1) is 12.7. The van der Waals surface area contributed by atoms with Gasteiger partial charge in [0.05, 0.1) is 0 Å². The summed E-state index contributed by atoms with van der Waals surface area (Å²) >= 11 is 2.93. The summed E-state index contributed by atoms with van der Waals surface area (Å²) in [4.78, 5) is 4.27. The highest BCUT2D eigenvalue weighted by Crippen LogP contribution is 2.20. The summed E-state index contributed by atoms with van der Waals surface area (Å²) in [7, 11) is 0. The lowest BCUT2D eigenvalue weighted by Gasteiger charge is -1.94. The maximum Gasteiger partial charge on any atom is 0.209 e. The summed E-state index contributed by atoms with van der Waals surface area (Å²) in [6.07, 6.45) is 2.48. The van der Waals surface area contributed by atoms with Gasteiger partial charge in [-0.25, -0.2) is 4.98 Å². The Balaban J connectivity index is 2.14. The normalized spacial score (nSPS) is 11.3. The van der Waals surface area contributed by atoms with Crippen LogP contribution in [0, 0.1) is 18.3 Å². The SMILES string of the molecule is CCc1nnc(N/C=C(\C#N)c2nc(C)cs2)s1. The number of allylic oxidation sites excluding steroid dienone is 1. The summed E-state index contributed by atoms with van der Waals surface area (Å²) in [5, 5.41) is 24.3. The Morgan fingerprint density at radius 1 is 1.56 bits per heavy atom. The zero-order valence-corrected chi connectivity index (χ0v) is 11.6. The average Bonchev–Trinajstić information content (AvgIpc) is 2.99. The highest BCUT2D eigenvalue weighted by Gasteiger charge is 2.06. The molecule has 1 N–H and O–H groups in total. The van der Waals surface area contributed by atoms with Crippen LogP contribution in [-0.4, -0.2) is 15.2 Å². The van der Waals surface area contributed by atoms with Gasteiger partial charge in [-0.3, -0.25) is 0 Å². The minimum atomic E-state index is 0.501. The van der Waals surface area contributed by atoms with Gasteiger partial charge in [-0.2, -0.15) is 5.26 Å². The Hall–Kier alpha value is -1.78. The van der Waals surface area contributed by atoms with Crippen molar-refractivity contribution in [2.75, 3.05) is 5.32 Å². The summed E-state index contributed by atoms with van der Waals surface area (Å²) in [5.74, 6) is 0. The van der Waals surface area contributed by atoms with Crippen LogP contribution in [0.4, 0.5) is 5.13 Å². The first-order valence-corrected chi connectivity index (χ1v) is 7.04. The fourth-order valence-corrected chi connectivity index (χ4v) is 2.62. The van der Waals surface area contributed by atoms with Gasteiger partial charge in [0.1, 0.15) is 21.7 Å². The van der Waals surface area contributed by atoms with E-state index in [0.717, 1.165) is 17.1 Å². The van der Waals surface area contributed by atoms with Gasteiger partial charge in [0.15, 0.2) is 0 Å². The summed E-state index contributed by atoms with van der Waals surface area (Å²) in [6.45, 7) is 3.93. The molecule has 0 aromatic carbocycles. The van der Waals surface area contributed by atoms with E-state index in [2.05, 4.69) is 26.6 Å². The molecule has 2 rings (SSSR count). The Kier molecular flexibility index (Phi) is 4.02. The molecule has 0 aliphatic heterocycles. The number of nitriles is 1. The zero-order valence-electron chi connectivity index (χ0n) is 9.97. The highest BCUT2D eigenvalue weighted by molar-refractivity contribution is 7.15. The number of anilines is 1. The quantitative estimate of drug-likeness (QED) is 0.870. The van der Waals surface area contributed by atoms with E-state index in [1.54, 1.807) is 6.20 Å². The van der Waals surface area contributed by atoms with Crippen molar-refractivity contribution in [1.82, 2.24) is 15.2 Å². The van der Waals surface area contributed by atoms with Crippen LogP contribution >= 0.6 is 22.7 Å². The fraction of sp³-hybridized carbons (Fsp3) is 0.273. The van der Waals surface area contributed by atoms with Gasteiger partial charge in [0, 0.05) is 17.3 Å². The van der Waals surface area contributed by atoms with E-state index in [0.29, 0.717) is 15.7 Å². The number of nitrogens with one attached hydrogen (secondary N) is 1. The zero-order chi connectivity index (χ0) is 13.0. The lowest BCUT2D eigenvalue weighted by Crippen LogP contribution is -1.90. The third-order valence-electron chi connectivity index (χ3n) is 2.08. The topological polar surface area (TPSA) is 74.5 Å². The van der Waals surface area contributed by atoms with Crippen molar-refractivity contribution in [3.8, 4) is 6.07 Å². The molecule has 2 aromatic heterocycles. The Morgan fingerprint density at radius 2 is 2.39 bits per heavy atom. The monoisotopic (exact) mass is 277 g/mol. The lowest BCUT2D eigenvalue weighted by atomic mass is 10.3. The van der Waals surface area contributed by atoms with E-state index in [9.17, 15) is 0 Å². The van der Waals surface area contributed by atoms with Crippen LogP contribution in [0.1, 0.15) is 22.6 Å². The van der Waals surface area contributed by atoms with Crippen LogP contribution in [0.25, 0.3) is 5.57 Å². The van der Waals surface area contributed by atoms with Crippen molar-refractivity contribution < 1.29 is 0 Å². The standard InChI is InChI=1S/C11H11N5S2/c1-3-9-15-16-11(18-9)13-5-8(4-12)10-14-7(2)6-17-10/h5-6H,3H2,1-2H3,(H,13,16)/b8-5+. The number of thiazole rings is 1. The molecule has 0 fully saturated rings. The van der Waals surface area contributed by atoms with Crippen LogP contribution in [0.15, 0.2) is 11.6 Å². The second-order valence-corrected chi connectivity index (χ2v) is 5.38. The van der Waals surface area contributed by atoms with Gasteiger partial charge in [0.25, 0.3) is 0 Å². The van der Waals surface area contributed by atoms with Gasteiger partial charge in [-0.05, 0) is 13.3 Å². The number of aryl methyl sites for hydroxylation is 2. The number of hydrogen-bond acceptors (Lipinski definition) is 7. The molecule has 18 heavy (non-hydrogen) atoms. The third kappa shape index (κ3) is 2.91. The minimum Gasteiger partial charge on any atom is -0.335 e. The van der Waals surface area contributed by atoms with Gasteiger partial charge < -0.3 is 5.32 Å². The molecule has 7 heteroatoms. The molecule has 2 aromatic rings. The number of nitrogens with zero attached hydrogens (tertiary/aromatic N) is 4. The molecule has 5 nitrogen and oxygen atoms in total. The second-order valence-electron chi connectivity index (χ2n) is 3.46. The van der Waals surface area contributed by atoms with Crippen LogP contribution in [0.3, 0.4) is 0 Å². The average molecular weight is 277 g/mol. The minimum absolute atomic E-state index is 0.501. The smallest absolute Gasteiger partial charge is 0.209 e. The molecule has 0 unspecified atom stereocenters. The maximum atomic E-state index is 9.09. The molecule has 0 saturated carbocycles. The first-order valence-electron chi connectivity index (χ1n) is 5.34. The van der Waals surface area contributed by atoms with E-state index in [4.69, 9.17) is 5.26 Å². The molecule has 0 amide bonds. The molecule has 0 spiro atoms. The van der Waals surface area contributed by atoms with Crippen molar-refractivity contribution in [1.29, 1.82) is 5.26 Å². The molecule has 0 aliphatic rings. The van der Waals surface area contributed by atoms with E-state index in [1.807, 2.05) is 19.2 Å². The summed E-state index contributed by atoms with van der Waals surface area (Å²) in [6, 6.07) is 2.13. The van der Waals surface area contributed by atoms with Crippen molar-refractivity contribution in [2.24, 2.45) is 0 Å². The summed E-state index contributed by atoms with van der Waals surface area (Å²) in [5.41, 5.74) is 1.42. The van der Waals surface area contributed by atoms with E-state index >= 15 is 0 Å². The Labute approximate surface area is 113 Å². The molecule has 0 bridgehead atoms. The fourth-order valence-electron chi connectivity index (χ4n) is 1.21. The van der Waals surface area contributed by atoms with E-state index in [-0.39, 0.29) is 0 Å². The van der Waals surface area contributed by atoms with Gasteiger partial charge >= 0.3 is 0 Å². The van der Waals surface area contributed by atoms with Crippen molar-refractivity contribution in [3.63, 3.8) is 0 Å². The highest BCUT2D eigenvalue weighted by atomic mass is 32.1. The molecule has 0 atom stereocenters. The number of hydrogen-bond donors (Lipinski definition) is 1. The van der Waals surface area contributed by atoms with Crippen molar-refractivity contribution >= 4 is 33.4 Å². The van der Waals surface area contributed by atoms with Gasteiger partial charge in [-0.1, -0.05) is 18.3 Å². The van der Waals surface area contributed by atoms with Crippen LogP contribution in [-0.2, 0) is 6.42 Å². The van der Waals surface area contributed by atoms with E-state index < -0.39 is 0 Å². The predicted molar refractivity (Wildman–Crippen MR) is 73.4 cm³/mol. The Morgan fingerprint density at radius 3 is 2.94 bits per heavy atom. The predicted octanol–water partition coefficient (Wildman–Crippen LogP) is 2.84. The molecule has 0 radical (unpaired) electrons. The van der Waals surface area contributed by atoms with Crippen molar-refractivity contribution in [2.45, 2.75) is 20.3 Å². The summed E-state index contributed by atoms with van der Waals surface area (Å²) < 4.78 is 0. The molecular weight excluding hydrogens is 266 g/mol.